The maximum atomic E-state index is 12.5. The van der Waals surface area contributed by atoms with Crippen molar-refractivity contribution in [1.82, 2.24) is 29.5 Å². The van der Waals surface area contributed by atoms with Gasteiger partial charge in [-0.05, 0) is 36.7 Å². The van der Waals surface area contributed by atoms with Crippen LogP contribution in [0.25, 0.3) is 21.7 Å². The van der Waals surface area contributed by atoms with Crippen LogP contribution in [0.15, 0.2) is 29.8 Å². The largest absolute Gasteiger partial charge is 0.323 e. The Morgan fingerprint density at radius 1 is 1.46 bits per heavy atom. The van der Waals surface area contributed by atoms with Gasteiger partial charge in [-0.3, -0.25) is 19.1 Å². The molecule has 0 radical (unpaired) electrons. The van der Waals surface area contributed by atoms with Crippen LogP contribution >= 0.6 is 23.6 Å². The summed E-state index contributed by atoms with van der Waals surface area (Å²) in [7, 11) is 1.84. The number of nitrogens with one attached hydrogen (secondary N) is 2. The second-order valence-electron chi connectivity index (χ2n) is 5.77. The molecule has 0 unspecified atom stereocenters. The Bertz CT molecular complexity index is 1150. The van der Waals surface area contributed by atoms with Crippen LogP contribution in [-0.2, 0) is 18.4 Å². The zero-order valence-corrected chi connectivity index (χ0v) is 15.7. The summed E-state index contributed by atoms with van der Waals surface area (Å²) in [5, 5.41) is 17.0. The number of amides is 1. The van der Waals surface area contributed by atoms with E-state index in [1.807, 2.05) is 37.6 Å². The van der Waals surface area contributed by atoms with E-state index in [1.54, 1.807) is 15.4 Å². The lowest BCUT2D eigenvalue weighted by Gasteiger charge is -2.07. The number of hydrogen-bond acceptors (Lipinski definition) is 6. The minimum Gasteiger partial charge on any atom is -0.323 e. The average molecular weight is 385 g/mol. The van der Waals surface area contributed by atoms with Gasteiger partial charge in [-0.1, -0.05) is 6.07 Å². The summed E-state index contributed by atoms with van der Waals surface area (Å²) >= 11 is 6.80. The molecule has 0 aliphatic heterocycles. The molecular formula is C16H15N7OS2. The first-order valence-corrected chi connectivity index (χ1v) is 9.10. The Hall–Kier alpha value is -2.85. The van der Waals surface area contributed by atoms with E-state index in [1.165, 1.54) is 11.3 Å². The van der Waals surface area contributed by atoms with Crippen molar-refractivity contribution in [2.75, 3.05) is 5.32 Å². The number of hydrogen-bond donors (Lipinski definition) is 2. The Kier molecular flexibility index (Phi) is 4.13. The predicted octanol–water partition coefficient (Wildman–Crippen LogP) is 2.90. The molecule has 10 heteroatoms. The van der Waals surface area contributed by atoms with Crippen molar-refractivity contribution < 1.29 is 4.79 Å². The molecule has 8 nitrogen and oxygen atoms in total. The van der Waals surface area contributed by atoms with Crippen molar-refractivity contribution in [2.45, 2.75) is 13.5 Å². The summed E-state index contributed by atoms with van der Waals surface area (Å²) in [6.07, 6.45) is 1.62. The zero-order chi connectivity index (χ0) is 18.3. The van der Waals surface area contributed by atoms with Gasteiger partial charge in [0.2, 0.25) is 5.91 Å². The second-order valence-corrected chi connectivity index (χ2v) is 7.10. The lowest BCUT2D eigenvalue weighted by molar-refractivity contribution is -0.116. The number of thiophene rings is 1. The molecule has 4 heterocycles. The Labute approximate surface area is 157 Å². The number of pyridine rings is 1. The first kappa shape index (κ1) is 16.6. The highest BCUT2D eigenvalue weighted by molar-refractivity contribution is 7.71. The summed E-state index contributed by atoms with van der Waals surface area (Å²) in [6.45, 7) is 1.97. The second kappa shape index (κ2) is 6.46. The van der Waals surface area contributed by atoms with Crippen LogP contribution in [-0.4, -0.2) is 35.4 Å². The molecule has 0 spiro atoms. The summed E-state index contributed by atoms with van der Waals surface area (Å²) < 4.78 is 3.80. The van der Waals surface area contributed by atoms with Crippen LogP contribution in [0.2, 0.25) is 0 Å². The first-order chi connectivity index (χ1) is 12.5. The van der Waals surface area contributed by atoms with Gasteiger partial charge < -0.3 is 5.32 Å². The van der Waals surface area contributed by atoms with E-state index >= 15 is 0 Å². The number of anilines is 1. The zero-order valence-electron chi connectivity index (χ0n) is 14.1. The van der Waals surface area contributed by atoms with Gasteiger partial charge >= 0.3 is 0 Å². The number of aromatic amines is 1. The molecule has 0 saturated heterocycles. The molecule has 132 valence electrons. The van der Waals surface area contributed by atoms with E-state index < -0.39 is 0 Å². The number of aromatic nitrogens is 6. The fraction of sp³-hybridized carbons (Fsp3) is 0.188. The number of H-pyrrole nitrogens is 1. The third-order valence-electron chi connectivity index (χ3n) is 3.95. The summed E-state index contributed by atoms with van der Waals surface area (Å²) in [6, 6.07) is 5.74. The maximum Gasteiger partial charge on any atom is 0.244 e. The van der Waals surface area contributed by atoms with Gasteiger partial charge in [-0.2, -0.15) is 10.2 Å². The summed E-state index contributed by atoms with van der Waals surface area (Å²) in [5.41, 5.74) is 2.26. The number of nitrogens with zero attached hydrogens (tertiary/aromatic N) is 5. The quantitative estimate of drug-likeness (QED) is 0.527. The Morgan fingerprint density at radius 3 is 3.08 bits per heavy atom. The lowest BCUT2D eigenvalue weighted by atomic mass is 10.2. The predicted molar refractivity (Wildman–Crippen MR) is 103 cm³/mol. The Morgan fingerprint density at radius 2 is 2.31 bits per heavy atom. The van der Waals surface area contributed by atoms with E-state index in [2.05, 4.69) is 25.6 Å². The number of carbonyl (C=O) groups excluding carboxylic acids is 1. The van der Waals surface area contributed by atoms with Crippen molar-refractivity contribution in [1.29, 1.82) is 0 Å². The van der Waals surface area contributed by atoms with Crippen LogP contribution in [0.1, 0.15) is 5.69 Å². The van der Waals surface area contributed by atoms with Crippen molar-refractivity contribution in [3.63, 3.8) is 0 Å². The van der Waals surface area contributed by atoms with Gasteiger partial charge in [0.05, 0.1) is 22.5 Å². The van der Waals surface area contributed by atoms with Crippen molar-refractivity contribution in [3.05, 3.63) is 40.2 Å². The van der Waals surface area contributed by atoms with Crippen LogP contribution < -0.4 is 5.32 Å². The summed E-state index contributed by atoms with van der Waals surface area (Å²) in [4.78, 5) is 17.8. The standard InChI is InChI=1S/C16H15N7OS2/c1-9-11-6-10(7-17-14(11)22(2)21-9)18-13(24)8-23-15(19-20-16(23)25)12-4-3-5-26-12/h3-7H,8H2,1-2H3,(H,18,24)(H,20,25). The highest BCUT2D eigenvalue weighted by atomic mass is 32.1. The highest BCUT2D eigenvalue weighted by Crippen LogP contribution is 2.23. The average Bonchev–Trinajstić information content (AvgIpc) is 3.30. The molecule has 2 N–H and O–H groups in total. The molecule has 4 aromatic heterocycles. The highest BCUT2D eigenvalue weighted by Gasteiger charge is 2.14. The lowest BCUT2D eigenvalue weighted by Crippen LogP contribution is -2.19. The monoisotopic (exact) mass is 385 g/mol. The minimum absolute atomic E-state index is 0.0621. The molecule has 0 fully saturated rings. The van der Waals surface area contributed by atoms with E-state index in [-0.39, 0.29) is 12.5 Å². The first-order valence-electron chi connectivity index (χ1n) is 7.81. The van der Waals surface area contributed by atoms with Gasteiger partial charge in [0.25, 0.3) is 0 Å². The fourth-order valence-corrected chi connectivity index (χ4v) is 3.70. The van der Waals surface area contributed by atoms with E-state index in [0.29, 0.717) is 16.3 Å². The normalized spacial score (nSPS) is 11.2. The number of aryl methyl sites for hydroxylation is 2. The number of carbonyl (C=O) groups is 1. The Balaban J connectivity index is 1.58. The van der Waals surface area contributed by atoms with Crippen molar-refractivity contribution >= 4 is 46.2 Å². The molecule has 1 amide bonds. The van der Waals surface area contributed by atoms with Gasteiger partial charge in [0, 0.05) is 12.4 Å². The molecule has 26 heavy (non-hydrogen) atoms. The van der Waals surface area contributed by atoms with Gasteiger partial charge in [-0.15, -0.1) is 11.3 Å². The molecule has 0 bridgehead atoms. The molecule has 0 aromatic carbocycles. The third-order valence-corrected chi connectivity index (χ3v) is 5.13. The van der Waals surface area contributed by atoms with Gasteiger partial charge in [-0.25, -0.2) is 4.98 Å². The topological polar surface area (TPSA) is 93.4 Å². The minimum atomic E-state index is -0.206. The van der Waals surface area contributed by atoms with E-state index in [0.717, 1.165) is 21.6 Å². The molecule has 4 aromatic rings. The maximum absolute atomic E-state index is 12.5. The van der Waals surface area contributed by atoms with Gasteiger partial charge in [0.1, 0.15) is 6.54 Å². The number of fused-ring (bicyclic) bond motifs is 1. The molecular weight excluding hydrogens is 370 g/mol. The van der Waals surface area contributed by atoms with Gasteiger partial charge in [0.15, 0.2) is 16.2 Å². The van der Waals surface area contributed by atoms with Crippen molar-refractivity contribution in [2.24, 2.45) is 7.05 Å². The van der Waals surface area contributed by atoms with Crippen LogP contribution in [0.3, 0.4) is 0 Å². The molecule has 0 atom stereocenters. The van der Waals surface area contributed by atoms with Crippen LogP contribution in [0, 0.1) is 11.7 Å². The molecule has 4 rings (SSSR count). The van der Waals surface area contributed by atoms with Crippen molar-refractivity contribution in [3.8, 4) is 10.7 Å². The van der Waals surface area contributed by atoms with Crippen LogP contribution in [0.5, 0.6) is 0 Å². The SMILES string of the molecule is Cc1nn(C)c2ncc(NC(=O)Cn3c(-c4cccs4)n[nH]c3=S)cc12. The third kappa shape index (κ3) is 2.93. The summed E-state index contributed by atoms with van der Waals surface area (Å²) in [5.74, 6) is 0.444. The van der Waals surface area contributed by atoms with E-state index in [4.69, 9.17) is 12.2 Å². The van der Waals surface area contributed by atoms with E-state index in [9.17, 15) is 4.79 Å². The molecule has 0 aliphatic rings. The number of rotatable bonds is 4. The smallest absolute Gasteiger partial charge is 0.244 e. The fourth-order valence-electron chi connectivity index (χ4n) is 2.78. The molecule has 0 saturated carbocycles. The van der Waals surface area contributed by atoms with Crippen LogP contribution in [0.4, 0.5) is 5.69 Å². The molecule has 0 aliphatic carbocycles.